The van der Waals surface area contributed by atoms with E-state index in [1.54, 1.807) is 0 Å². The summed E-state index contributed by atoms with van der Waals surface area (Å²) in [6.07, 6.45) is 5.65. The zero-order valence-corrected chi connectivity index (χ0v) is 13.5. The van der Waals surface area contributed by atoms with Crippen LogP contribution < -0.4 is 5.73 Å². The quantitative estimate of drug-likeness (QED) is 0.764. The lowest BCUT2D eigenvalue weighted by Crippen LogP contribution is -2.09. The summed E-state index contributed by atoms with van der Waals surface area (Å²) in [6, 6.07) is 6.50. The maximum atomic E-state index is 5.88. The number of para-hydroxylation sites is 1. The third kappa shape index (κ3) is 2.10. The van der Waals surface area contributed by atoms with Gasteiger partial charge < -0.3 is 5.73 Å². The van der Waals surface area contributed by atoms with E-state index in [2.05, 4.69) is 35.5 Å². The molecule has 3 aromatic rings. The highest BCUT2D eigenvalue weighted by molar-refractivity contribution is 7.13. The molecule has 4 rings (SSSR count). The van der Waals surface area contributed by atoms with Gasteiger partial charge in [-0.3, -0.25) is 4.98 Å². The largest absolute Gasteiger partial charge is 0.375 e. The number of fused-ring (bicyclic) bond motifs is 2. The summed E-state index contributed by atoms with van der Waals surface area (Å²) in [5.41, 5.74) is 13.3. The molecule has 2 heterocycles. The van der Waals surface area contributed by atoms with Gasteiger partial charge in [-0.15, -0.1) is 11.3 Å². The van der Waals surface area contributed by atoms with Gasteiger partial charge in [0.25, 0.3) is 0 Å². The number of thiazole rings is 1. The topological polar surface area (TPSA) is 51.8 Å². The van der Waals surface area contributed by atoms with Crippen molar-refractivity contribution >= 4 is 27.4 Å². The summed E-state index contributed by atoms with van der Waals surface area (Å²) in [5, 5.41) is 3.94. The first kappa shape index (κ1) is 13.7. The summed E-state index contributed by atoms with van der Waals surface area (Å²) in [4.78, 5) is 9.59. The molecule has 0 radical (unpaired) electrons. The fraction of sp³-hybridized carbons (Fsp3) is 0.333. The molecular formula is C18H19N3S. The molecule has 0 spiro atoms. The maximum absolute atomic E-state index is 5.88. The molecule has 1 aromatic carbocycles. The van der Waals surface area contributed by atoms with Crippen LogP contribution in [0.15, 0.2) is 23.6 Å². The molecule has 2 N–H and O–H groups in total. The van der Waals surface area contributed by atoms with E-state index in [9.17, 15) is 0 Å². The number of pyridine rings is 1. The summed E-state index contributed by atoms with van der Waals surface area (Å²) < 4.78 is 0. The van der Waals surface area contributed by atoms with Crippen LogP contribution in [0.4, 0.5) is 5.13 Å². The molecule has 0 saturated heterocycles. The van der Waals surface area contributed by atoms with Gasteiger partial charge in [0.05, 0.1) is 11.2 Å². The Kier molecular flexibility index (Phi) is 3.34. The van der Waals surface area contributed by atoms with Crippen LogP contribution in [-0.2, 0) is 19.3 Å². The zero-order chi connectivity index (χ0) is 15.1. The molecule has 3 nitrogen and oxygen atoms in total. The summed E-state index contributed by atoms with van der Waals surface area (Å²) >= 11 is 1.51. The van der Waals surface area contributed by atoms with Crippen molar-refractivity contribution in [2.75, 3.05) is 5.73 Å². The second-order valence-electron chi connectivity index (χ2n) is 5.86. The lowest BCUT2D eigenvalue weighted by Gasteiger charge is -2.21. The molecule has 0 fully saturated rings. The molecule has 0 bridgehead atoms. The van der Waals surface area contributed by atoms with E-state index in [1.807, 2.05) is 0 Å². The van der Waals surface area contributed by atoms with E-state index in [0.717, 1.165) is 30.5 Å². The lowest BCUT2D eigenvalue weighted by atomic mass is 9.88. The second-order valence-corrected chi connectivity index (χ2v) is 6.75. The van der Waals surface area contributed by atoms with Gasteiger partial charge >= 0.3 is 0 Å². The molecule has 0 amide bonds. The van der Waals surface area contributed by atoms with Crippen molar-refractivity contribution in [1.82, 2.24) is 9.97 Å². The molecule has 2 aromatic heterocycles. The Morgan fingerprint density at radius 1 is 1.18 bits per heavy atom. The number of hydrogen-bond donors (Lipinski definition) is 1. The Bertz CT molecular complexity index is 851. The average Bonchev–Trinajstić information content (AvgIpc) is 2.98. The summed E-state index contributed by atoms with van der Waals surface area (Å²) in [5.74, 6) is 0. The molecule has 4 heteroatoms. The monoisotopic (exact) mass is 309 g/mol. The van der Waals surface area contributed by atoms with E-state index in [0.29, 0.717) is 5.13 Å². The van der Waals surface area contributed by atoms with Crippen LogP contribution in [0, 0.1) is 0 Å². The first-order valence-electron chi connectivity index (χ1n) is 7.92. The first-order valence-corrected chi connectivity index (χ1v) is 8.80. The molecule has 0 atom stereocenters. The number of benzene rings is 1. The third-order valence-corrected chi connectivity index (χ3v) is 5.21. The standard InChI is InChI=1S/C18H19N3S/c1-2-11-6-5-8-13-16(15-10-22-18(19)21-15)12-7-3-4-9-14(12)20-17(11)13/h5-6,8,10H,2-4,7,9H2,1H3,(H2,19,21). The van der Waals surface area contributed by atoms with Crippen LogP contribution in [0.2, 0.25) is 0 Å². The number of nitrogens with two attached hydrogens (primary N) is 1. The third-order valence-electron chi connectivity index (χ3n) is 4.54. The van der Waals surface area contributed by atoms with Crippen molar-refractivity contribution < 1.29 is 0 Å². The Balaban J connectivity index is 2.11. The van der Waals surface area contributed by atoms with Crippen LogP contribution in [0.5, 0.6) is 0 Å². The Morgan fingerprint density at radius 2 is 2.05 bits per heavy atom. The fourth-order valence-electron chi connectivity index (χ4n) is 3.48. The van der Waals surface area contributed by atoms with Crippen molar-refractivity contribution in [3.05, 3.63) is 40.4 Å². The number of aromatic nitrogens is 2. The van der Waals surface area contributed by atoms with E-state index >= 15 is 0 Å². The lowest BCUT2D eigenvalue weighted by molar-refractivity contribution is 0.672. The fourth-order valence-corrected chi connectivity index (χ4v) is 4.04. The van der Waals surface area contributed by atoms with Crippen LogP contribution in [-0.4, -0.2) is 9.97 Å². The highest BCUT2D eigenvalue weighted by atomic mass is 32.1. The van der Waals surface area contributed by atoms with E-state index in [1.165, 1.54) is 51.9 Å². The highest BCUT2D eigenvalue weighted by Crippen LogP contribution is 2.38. The van der Waals surface area contributed by atoms with Gasteiger partial charge in [0.1, 0.15) is 0 Å². The van der Waals surface area contributed by atoms with E-state index < -0.39 is 0 Å². The summed E-state index contributed by atoms with van der Waals surface area (Å²) in [6.45, 7) is 2.19. The maximum Gasteiger partial charge on any atom is 0.180 e. The predicted octanol–water partition coefficient (Wildman–Crippen LogP) is 4.38. The van der Waals surface area contributed by atoms with E-state index in [-0.39, 0.29) is 0 Å². The second kappa shape index (κ2) is 5.36. The SMILES string of the molecule is CCc1cccc2c(-c3csc(N)n3)c3c(nc12)CCCC3. The van der Waals surface area contributed by atoms with Crippen molar-refractivity contribution in [2.45, 2.75) is 39.0 Å². The van der Waals surface area contributed by atoms with Gasteiger partial charge in [-0.2, -0.15) is 0 Å². The number of nitrogen functional groups attached to an aromatic ring is 1. The first-order chi connectivity index (χ1) is 10.8. The molecule has 112 valence electrons. The molecule has 1 aliphatic carbocycles. The van der Waals surface area contributed by atoms with Gasteiger partial charge in [0.15, 0.2) is 5.13 Å². The molecular weight excluding hydrogens is 290 g/mol. The molecule has 22 heavy (non-hydrogen) atoms. The zero-order valence-electron chi connectivity index (χ0n) is 12.7. The van der Waals surface area contributed by atoms with Crippen molar-refractivity contribution in [1.29, 1.82) is 0 Å². The minimum absolute atomic E-state index is 0.635. The number of hydrogen-bond acceptors (Lipinski definition) is 4. The molecule has 0 aliphatic heterocycles. The molecule has 0 saturated carbocycles. The van der Waals surface area contributed by atoms with Gasteiger partial charge in [-0.05, 0) is 43.2 Å². The van der Waals surface area contributed by atoms with Crippen LogP contribution >= 0.6 is 11.3 Å². The number of nitrogens with zero attached hydrogens (tertiary/aromatic N) is 2. The van der Waals surface area contributed by atoms with Gasteiger partial charge in [-0.1, -0.05) is 25.1 Å². The molecule has 0 unspecified atom stereocenters. The summed E-state index contributed by atoms with van der Waals surface area (Å²) in [7, 11) is 0. The van der Waals surface area contributed by atoms with Crippen molar-refractivity contribution in [3.8, 4) is 11.3 Å². The van der Waals surface area contributed by atoms with Crippen LogP contribution in [0.25, 0.3) is 22.2 Å². The van der Waals surface area contributed by atoms with Gasteiger partial charge in [-0.25, -0.2) is 4.98 Å². The Labute approximate surface area is 134 Å². The van der Waals surface area contributed by atoms with E-state index in [4.69, 9.17) is 10.7 Å². The van der Waals surface area contributed by atoms with Crippen molar-refractivity contribution in [3.63, 3.8) is 0 Å². The average molecular weight is 309 g/mol. The molecule has 1 aliphatic rings. The number of anilines is 1. The smallest absolute Gasteiger partial charge is 0.180 e. The Hall–Kier alpha value is -1.94. The van der Waals surface area contributed by atoms with Gasteiger partial charge in [0.2, 0.25) is 0 Å². The minimum Gasteiger partial charge on any atom is -0.375 e. The number of aryl methyl sites for hydroxylation is 2. The Morgan fingerprint density at radius 3 is 2.82 bits per heavy atom. The van der Waals surface area contributed by atoms with Crippen LogP contribution in [0.1, 0.15) is 36.6 Å². The van der Waals surface area contributed by atoms with Crippen molar-refractivity contribution in [2.24, 2.45) is 0 Å². The normalized spacial score (nSPS) is 14.2. The predicted molar refractivity (Wildman–Crippen MR) is 93.3 cm³/mol. The number of rotatable bonds is 2. The van der Waals surface area contributed by atoms with Gasteiger partial charge in [0, 0.05) is 22.0 Å². The van der Waals surface area contributed by atoms with Crippen LogP contribution in [0.3, 0.4) is 0 Å². The minimum atomic E-state index is 0.635. The highest BCUT2D eigenvalue weighted by Gasteiger charge is 2.21.